The molecule has 0 amide bonds. The van der Waals surface area contributed by atoms with Crippen LogP contribution in [0.15, 0.2) is 18.0 Å². The number of fused-ring (bicyclic) bond motifs is 1. The van der Waals surface area contributed by atoms with Gasteiger partial charge in [-0.25, -0.2) is 9.97 Å². The van der Waals surface area contributed by atoms with Crippen molar-refractivity contribution >= 4 is 27.4 Å². The lowest BCUT2D eigenvalue weighted by Crippen LogP contribution is -2.13. The number of hydrogen-bond donors (Lipinski definition) is 1. The van der Waals surface area contributed by atoms with Gasteiger partial charge in [0.1, 0.15) is 16.5 Å². The first kappa shape index (κ1) is 11.1. The molecule has 0 bridgehead atoms. The SMILES string of the molecule is C=CC(C)Nc1nc(C)nc2scc(C)c12. The molecule has 0 aliphatic rings. The fourth-order valence-corrected chi connectivity index (χ4v) is 2.54. The van der Waals surface area contributed by atoms with Crippen molar-refractivity contribution in [3.05, 3.63) is 29.4 Å². The molecule has 0 fully saturated rings. The average molecular weight is 233 g/mol. The molecule has 0 radical (unpaired) electrons. The molecule has 2 aromatic heterocycles. The van der Waals surface area contributed by atoms with Gasteiger partial charge in [-0.05, 0) is 31.7 Å². The quantitative estimate of drug-likeness (QED) is 0.827. The smallest absolute Gasteiger partial charge is 0.139 e. The van der Waals surface area contributed by atoms with Gasteiger partial charge in [0, 0.05) is 6.04 Å². The molecule has 1 unspecified atom stereocenters. The molecule has 2 heterocycles. The van der Waals surface area contributed by atoms with E-state index < -0.39 is 0 Å². The number of aryl methyl sites for hydroxylation is 2. The third kappa shape index (κ3) is 1.93. The standard InChI is InChI=1S/C12H15N3S/c1-5-8(3)13-11-10-7(2)6-16-12(10)15-9(4)14-11/h5-6,8H,1H2,2-4H3,(H,13,14,15). The zero-order valence-corrected chi connectivity index (χ0v) is 10.6. The Labute approximate surface area is 99.2 Å². The Balaban J connectivity index is 2.57. The van der Waals surface area contributed by atoms with Crippen LogP contribution in [-0.4, -0.2) is 16.0 Å². The van der Waals surface area contributed by atoms with E-state index in [-0.39, 0.29) is 6.04 Å². The second-order valence-corrected chi connectivity index (χ2v) is 4.75. The molecule has 0 saturated heterocycles. The maximum atomic E-state index is 4.46. The van der Waals surface area contributed by atoms with Gasteiger partial charge < -0.3 is 5.32 Å². The van der Waals surface area contributed by atoms with Crippen LogP contribution in [0.1, 0.15) is 18.3 Å². The predicted octanol–water partition coefficient (Wildman–Crippen LogP) is 3.29. The van der Waals surface area contributed by atoms with Crippen LogP contribution in [0.5, 0.6) is 0 Å². The molecule has 0 saturated carbocycles. The molecular formula is C12H15N3S. The topological polar surface area (TPSA) is 37.8 Å². The van der Waals surface area contributed by atoms with Gasteiger partial charge in [-0.15, -0.1) is 17.9 Å². The van der Waals surface area contributed by atoms with Crippen LogP contribution in [0, 0.1) is 13.8 Å². The summed E-state index contributed by atoms with van der Waals surface area (Å²) in [7, 11) is 0. The summed E-state index contributed by atoms with van der Waals surface area (Å²) in [5.41, 5.74) is 1.22. The number of thiophene rings is 1. The Bertz CT molecular complexity index is 530. The van der Waals surface area contributed by atoms with Gasteiger partial charge in [-0.1, -0.05) is 6.08 Å². The lowest BCUT2D eigenvalue weighted by molar-refractivity contribution is 0.973. The predicted molar refractivity (Wildman–Crippen MR) is 70.2 cm³/mol. The largest absolute Gasteiger partial charge is 0.364 e. The number of nitrogens with one attached hydrogen (secondary N) is 1. The van der Waals surface area contributed by atoms with E-state index in [1.165, 1.54) is 5.56 Å². The van der Waals surface area contributed by atoms with E-state index in [2.05, 4.69) is 41.1 Å². The summed E-state index contributed by atoms with van der Waals surface area (Å²) in [6, 6.07) is 0.205. The first-order valence-electron chi connectivity index (χ1n) is 5.23. The molecule has 16 heavy (non-hydrogen) atoms. The van der Waals surface area contributed by atoms with E-state index in [9.17, 15) is 0 Å². The lowest BCUT2D eigenvalue weighted by Gasteiger charge is -2.11. The van der Waals surface area contributed by atoms with E-state index in [4.69, 9.17) is 0 Å². The molecule has 1 N–H and O–H groups in total. The van der Waals surface area contributed by atoms with Crippen molar-refractivity contribution in [2.75, 3.05) is 5.32 Å². The third-order valence-electron chi connectivity index (χ3n) is 2.45. The summed E-state index contributed by atoms with van der Waals surface area (Å²) in [4.78, 5) is 9.94. The Hall–Kier alpha value is -1.42. The van der Waals surface area contributed by atoms with Crippen molar-refractivity contribution in [3.63, 3.8) is 0 Å². The average Bonchev–Trinajstić information content (AvgIpc) is 2.60. The summed E-state index contributed by atoms with van der Waals surface area (Å²) >= 11 is 1.66. The highest BCUT2D eigenvalue weighted by molar-refractivity contribution is 7.17. The molecule has 1 atom stereocenters. The number of anilines is 1. The van der Waals surface area contributed by atoms with Crippen LogP contribution in [0.25, 0.3) is 10.2 Å². The number of nitrogens with zero attached hydrogens (tertiary/aromatic N) is 2. The fraction of sp³-hybridized carbons (Fsp3) is 0.333. The van der Waals surface area contributed by atoms with Crippen LogP contribution in [0.2, 0.25) is 0 Å². The van der Waals surface area contributed by atoms with Crippen molar-refractivity contribution in [2.24, 2.45) is 0 Å². The maximum absolute atomic E-state index is 4.46. The van der Waals surface area contributed by atoms with E-state index in [1.54, 1.807) is 11.3 Å². The number of rotatable bonds is 3. The molecule has 0 aromatic carbocycles. The Kier molecular flexibility index (Phi) is 2.92. The minimum atomic E-state index is 0.205. The summed E-state index contributed by atoms with van der Waals surface area (Å²) in [5, 5.41) is 6.58. The van der Waals surface area contributed by atoms with Gasteiger partial charge in [0.15, 0.2) is 0 Å². The van der Waals surface area contributed by atoms with Gasteiger partial charge >= 0.3 is 0 Å². The molecular weight excluding hydrogens is 218 g/mol. The Morgan fingerprint density at radius 2 is 2.19 bits per heavy atom. The third-order valence-corrected chi connectivity index (χ3v) is 3.44. The minimum Gasteiger partial charge on any atom is -0.364 e. The van der Waals surface area contributed by atoms with Crippen LogP contribution >= 0.6 is 11.3 Å². The maximum Gasteiger partial charge on any atom is 0.139 e. The Morgan fingerprint density at radius 3 is 2.88 bits per heavy atom. The van der Waals surface area contributed by atoms with E-state index in [0.29, 0.717) is 0 Å². The van der Waals surface area contributed by atoms with Crippen molar-refractivity contribution in [1.82, 2.24) is 9.97 Å². The van der Waals surface area contributed by atoms with Crippen molar-refractivity contribution in [2.45, 2.75) is 26.8 Å². The number of hydrogen-bond acceptors (Lipinski definition) is 4. The first-order valence-corrected chi connectivity index (χ1v) is 6.11. The van der Waals surface area contributed by atoms with E-state index >= 15 is 0 Å². The molecule has 0 aliphatic heterocycles. The molecule has 0 spiro atoms. The molecule has 0 aliphatic carbocycles. The lowest BCUT2D eigenvalue weighted by atomic mass is 10.2. The highest BCUT2D eigenvalue weighted by Gasteiger charge is 2.11. The monoisotopic (exact) mass is 233 g/mol. The van der Waals surface area contributed by atoms with E-state index in [1.807, 2.05) is 13.0 Å². The summed E-state index contributed by atoms with van der Waals surface area (Å²) < 4.78 is 0. The molecule has 3 nitrogen and oxygen atoms in total. The normalized spacial score (nSPS) is 12.7. The highest BCUT2D eigenvalue weighted by Crippen LogP contribution is 2.29. The molecule has 2 rings (SSSR count). The first-order chi connectivity index (χ1) is 7.61. The molecule has 4 heteroatoms. The van der Waals surface area contributed by atoms with Gasteiger partial charge in [0.25, 0.3) is 0 Å². The van der Waals surface area contributed by atoms with Crippen LogP contribution in [0.4, 0.5) is 5.82 Å². The zero-order valence-electron chi connectivity index (χ0n) is 9.74. The summed E-state index contributed by atoms with van der Waals surface area (Å²) in [6.07, 6.45) is 1.87. The van der Waals surface area contributed by atoms with Gasteiger partial charge in [-0.3, -0.25) is 0 Å². The molecule has 2 aromatic rings. The van der Waals surface area contributed by atoms with Crippen molar-refractivity contribution in [3.8, 4) is 0 Å². The summed E-state index contributed by atoms with van der Waals surface area (Å²) in [6.45, 7) is 9.82. The van der Waals surface area contributed by atoms with Crippen LogP contribution in [-0.2, 0) is 0 Å². The number of aromatic nitrogens is 2. The van der Waals surface area contributed by atoms with Gasteiger partial charge in [-0.2, -0.15) is 0 Å². The van der Waals surface area contributed by atoms with Crippen LogP contribution in [0.3, 0.4) is 0 Å². The minimum absolute atomic E-state index is 0.205. The summed E-state index contributed by atoms with van der Waals surface area (Å²) in [5.74, 6) is 1.71. The fourth-order valence-electron chi connectivity index (χ4n) is 1.57. The Morgan fingerprint density at radius 1 is 1.44 bits per heavy atom. The van der Waals surface area contributed by atoms with E-state index in [0.717, 1.165) is 21.9 Å². The van der Waals surface area contributed by atoms with Crippen LogP contribution < -0.4 is 5.32 Å². The molecule has 84 valence electrons. The second kappa shape index (κ2) is 4.22. The van der Waals surface area contributed by atoms with Crippen molar-refractivity contribution < 1.29 is 0 Å². The van der Waals surface area contributed by atoms with Gasteiger partial charge in [0.05, 0.1) is 5.39 Å². The van der Waals surface area contributed by atoms with Crippen molar-refractivity contribution in [1.29, 1.82) is 0 Å². The van der Waals surface area contributed by atoms with Gasteiger partial charge in [0.2, 0.25) is 0 Å². The second-order valence-electron chi connectivity index (χ2n) is 3.89. The highest BCUT2D eigenvalue weighted by atomic mass is 32.1. The zero-order chi connectivity index (χ0) is 11.7.